The summed E-state index contributed by atoms with van der Waals surface area (Å²) < 4.78 is 0. The van der Waals surface area contributed by atoms with Gasteiger partial charge < -0.3 is 10.8 Å². The molecular weight excluding hydrogens is 204 g/mol. The highest BCUT2D eigenvalue weighted by atomic mass is 16.4. The highest BCUT2D eigenvalue weighted by molar-refractivity contribution is 5.82. The standard InChI is InChI=1S/C12H12N2O2/c13-11(12(15)16)6-8-1-2-10-7-14-4-3-9(10)5-8/h1-5,7,11H,6,13H2,(H,15,16). The second kappa shape index (κ2) is 4.28. The smallest absolute Gasteiger partial charge is 0.320 e. The molecule has 0 fully saturated rings. The Morgan fingerprint density at radius 2 is 2.19 bits per heavy atom. The van der Waals surface area contributed by atoms with Crippen LogP contribution in [0.1, 0.15) is 5.56 Å². The molecular formula is C12H12N2O2. The van der Waals surface area contributed by atoms with Crippen LogP contribution in [0.5, 0.6) is 0 Å². The summed E-state index contributed by atoms with van der Waals surface area (Å²) in [4.78, 5) is 14.6. The maximum atomic E-state index is 10.6. The Morgan fingerprint density at radius 1 is 1.38 bits per heavy atom. The number of benzene rings is 1. The van der Waals surface area contributed by atoms with Crippen LogP contribution in [0.25, 0.3) is 10.8 Å². The van der Waals surface area contributed by atoms with Crippen LogP contribution in [0.2, 0.25) is 0 Å². The minimum absolute atomic E-state index is 0.341. The third kappa shape index (κ3) is 2.17. The number of carbonyl (C=O) groups is 1. The van der Waals surface area contributed by atoms with E-state index >= 15 is 0 Å². The van der Waals surface area contributed by atoms with Gasteiger partial charge in [-0.25, -0.2) is 0 Å². The highest BCUT2D eigenvalue weighted by Gasteiger charge is 2.11. The number of fused-ring (bicyclic) bond motifs is 1. The van der Waals surface area contributed by atoms with Gasteiger partial charge >= 0.3 is 5.97 Å². The topological polar surface area (TPSA) is 76.2 Å². The van der Waals surface area contributed by atoms with Crippen LogP contribution in [0.4, 0.5) is 0 Å². The van der Waals surface area contributed by atoms with Crippen LogP contribution in [-0.4, -0.2) is 22.1 Å². The Morgan fingerprint density at radius 3 is 2.94 bits per heavy atom. The first-order valence-corrected chi connectivity index (χ1v) is 4.98. The fourth-order valence-electron chi connectivity index (χ4n) is 1.60. The normalized spacial score (nSPS) is 12.6. The molecule has 0 radical (unpaired) electrons. The number of aliphatic carboxylic acids is 1. The van der Waals surface area contributed by atoms with Crippen molar-refractivity contribution in [3.63, 3.8) is 0 Å². The van der Waals surface area contributed by atoms with Crippen molar-refractivity contribution in [2.45, 2.75) is 12.5 Å². The quantitative estimate of drug-likeness (QED) is 0.808. The average molecular weight is 216 g/mol. The molecule has 0 aliphatic rings. The molecule has 0 amide bonds. The molecule has 1 atom stereocenters. The summed E-state index contributed by atoms with van der Waals surface area (Å²) in [6, 6.07) is 6.79. The largest absolute Gasteiger partial charge is 0.480 e. The molecule has 4 nitrogen and oxygen atoms in total. The summed E-state index contributed by atoms with van der Waals surface area (Å²) in [6.07, 6.45) is 3.83. The molecule has 1 heterocycles. The maximum absolute atomic E-state index is 10.6. The van der Waals surface area contributed by atoms with Crippen LogP contribution in [0.15, 0.2) is 36.7 Å². The molecule has 0 bridgehead atoms. The van der Waals surface area contributed by atoms with Crippen molar-refractivity contribution >= 4 is 16.7 Å². The summed E-state index contributed by atoms with van der Waals surface area (Å²) in [5, 5.41) is 10.8. The molecule has 2 aromatic rings. The van der Waals surface area contributed by atoms with E-state index in [1.807, 2.05) is 24.3 Å². The Labute approximate surface area is 92.7 Å². The van der Waals surface area contributed by atoms with Crippen LogP contribution in [-0.2, 0) is 11.2 Å². The number of hydrogen-bond acceptors (Lipinski definition) is 3. The van der Waals surface area contributed by atoms with E-state index in [9.17, 15) is 4.79 Å². The monoisotopic (exact) mass is 216 g/mol. The third-order valence-electron chi connectivity index (χ3n) is 2.48. The van der Waals surface area contributed by atoms with Crippen LogP contribution in [0, 0.1) is 0 Å². The minimum atomic E-state index is -0.977. The average Bonchev–Trinajstić information content (AvgIpc) is 2.28. The van der Waals surface area contributed by atoms with E-state index in [-0.39, 0.29) is 0 Å². The van der Waals surface area contributed by atoms with Gasteiger partial charge in [-0.2, -0.15) is 0 Å². The summed E-state index contributed by atoms with van der Waals surface area (Å²) in [5.41, 5.74) is 6.41. The maximum Gasteiger partial charge on any atom is 0.320 e. The number of carboxylic acid groups (broad SMARTS) is 1. The zero-order chi connectivity index (χ0) is 11.5. The minimum Gasteiger partial charge on any atom is -0.480 e. The van der Waals surface area contributed by atoms with Gasteiger partial charge in [0.1, 0.15) is 6.04 Å². The lowest BCUT2D eigenvalue weighted by molar-refractivity contribution is -0.138. The molecule has 0 aliphatic carbocycles. The number of carboxylic acids is 1. The number of aromatic nitrogens is 1. The van der Waals surface area contributed by atoms with Crippen molar-refractivity contribution < 1.29 is 9.90 Å². The number of hydrogen-bond donors (Lipinski definition) is 2. The summed E-state index contributed by atoms with van der Waals surface area (Å²) in [6.45, 7) is 0. The first kappa shape index (κ1) is 10.6. The van der Waals surface area contributed by atoms with Crippen LogP contribution in [0.3, 0.4) is 0 Å². The predicted molar refractivity (Wildman–Crippen MR) is 61.1 cm³/mol. The lowest BCUT2D eigenvalue weighted by Crippen LogP contribution is -2.32. The first-order valence-electron chi connectivity index (χ1n) is 4.98. The lowest BCUT2D eigenvalue weighted by atomic mass is 10.0. The van der Waals surface area contributed by atoms with Gasteiger partial charge in [0.25, 0.3) is 0 Å². The van der Waals surface area contributed by atoms with Gasteiger partial charge in [0.15, 0.2) is 0 Å². The van der Waals surface area contributed by atoms with E-state index < -0.39 is 12.0 Å². The molecule has 3 N–H and O–H groups in total. The van der Waals surface area contributed by atoms with Gasteiger partial charge in [-0.05, 0) is 23.4 Å². The Kier molecular flexibility index (Phi) is 2.83. The van der Waals surface area contributed by atoms with Crippen LogP contribution >= 0.6 is 0 Å². The molecule has 4 heteroatoms. The molecule has 1 unspecified atom stereocenters. The zero-order valence-electron chi connectivity index (χ0n) is 8.63. The van der Waals surface area contributed by atoms with Gasteiger partial charge in [-0.1, -0.05) is 18.2 Å². The molecule has 1 aromatic heterocycles. The number of nitrogens with two attached hydrogens (primary N) is 1. The van der Waals surface area contributed by atoms with E-state index in [1.165, 1.54) is 0 Å². The second-order valence-corrected chi connectivity index (χ2v) is 3.71. The van der Waals surface area contributed by atoms with E-state index in [0.717, 1.165) is 16.3 Å². The van der Waals surface area contributed by atoms with Gasteiger partial charge in [0, 0.05) is 17.8 Å². The van der Waals surface area contributed by atoms with Crippen molar-refractivity contribution in [1.82, 2.24) is 4.98 Å². The van der Waals surface area contributed by atoms with Gasteiger partial charge in [0.05, 0.1) is 0 Å². The van der Waals surface area contributed by atoms with E-state index in [1.54, 1.807) is 12.4 Å². The van der Waals surface area contributed by atoms with E-state index in [2.05, 4.69) is 4.98 Å². The third-order valence-corrected chi connectivity index (χ3v) is 2.48. The van der Waals surface area contributed by atoms with Gasteiger partial charge in [-0.15, -0.1) is 0 Å². The molecule has 0 saturated heterocycles. The van der Waals surface area contributed by atoms with Crippen molar-refractivity contribution in [3.05, 3.63) is 42.2 Å². The van der Waals surface area contributed by atoms with Crippen molar-refractivity contribution in [2.24, 2.45) is 5.73 Å². The van der Waals surface area contributed by atoms with Crippen molar-refractivity contribution in [3.8, 4) is 0 Å². The summed E-state index contributed by atoms with van der Waals surface area (Å²) in [5.74, 6) is -0.977. The Hall–Kier alpha value is -1.94. The fraction of sp³-hybridized carbons (Fsp3) is 0.167. The summed E-state index contributed by atoms with van der Waals surface area (Å²) >= 11 is 0. The number of pyridine rings is 1. The summed E-state index contributed by atoms with van der Waals surface area (Å²) in [7, 11) is 0. The number of nitrogens with zero attached hydrogens (tertiary/aromatic N) is 1. The molecule has 1 aromatic carbocycles. The Balaban J connectivity index is 2.29. The first-order chi connectivity index (χ1) is 7.66. The molecule has 16 heavy (non-hydrogen) atoms. The lowest BCUT2D eigenvalue weighted by Gasteiger charge is -2.07. The van der Waals surface area contributed by atoms with Gasteiger partial charge in [-0.3, -0.25) is 9.78 Å². The predicted octanol–water partition coefficient (Wildman–Crippen LogP) is 1.19. The fourth-order valence-corrected chi connectivity index (χ4v) is 1.60. The SMILES string of the molecule is NC(Cc1ccc2cnccc2c1)C(=O)O. The molecule has 0 aliphatic heterocycles. The van der Waals surface area contributed by atoms with Crippen molar-refractivity contribution in [1.29, 1.82) is 0 Å². The van der Waals surface area contributed by atoms with Gasteiger partial charge in [0.2, 0.25) is 0 Å². The highest BCUT2D eigenvalue weighted by Crippen LogP contribution is 2.15. The second-order valence-electron chi connectivity index (χ2n) is 3.71. The number of rotatable bonds is 3. The Bertz CT molecular complexity index is 525. The van der Waals surface area contributed by atoms with Crippen molar-refractivity contribution in [2.75, 3.05) is 0 Å². The van der Waals surface area contributed by atoms with E-state index in [4.69, 9.17) is 10.8 Å². The zero-order valence-corrected chi connectivity index (χ0v) is 8.63. The van der Waals surface area contributed by atoms with E-state index in [0.29, 0.717) is 6.42 Å². The molecule has 82 valence electrons. The molecule has 0 saturated carbocycles. The van der Waals surface area contributed by atoms with Crippen LogP contribution < -0.4 is 5.73 Å². The molecule has 2 rings (SSSR count). The molecule has 0 spiro atoms.